The number of fused-ring (bicyclic) bond motifs is 1. The molecule has 146 valence electrons. The molecule has 0 aliphatic rings. The van der Waals surface area contributed by atoms with Crippen molar-refractivity contribution in [1.82, 2.24) is 19.6 Å². The average molecular weight is 385 g/mol. The van der Waals surface area contributed by atoms with E-state index in [9.17, 15) is 9.59 Å². The first-order valence-corrected chi connectivity index (χ1v) is 8.31. The smallest absolute Gasteiger partial charge is 0.378 e. The molecule has 3 aromatic rings. The molecule has 1 N–H and O–H groups in total. The Kier molecular flexibility index (Phi) is 5.39. The Morgan fingerprint density at radius 2 is 1.89 bits per heavy atom. The summed E-state index contributed by atoms with van der Waals surface area (Å²) in [4.78, 5) is 32.6. The number of methoxy groups -OCH3 is 2. The molecule has 0 fully saturated rings. The van der Waals surface area contributed by atoms with Crippen molar-refractivity contribution in [3.63, 3.8) is 0 Å². The van der Waals surface area contributed by atoms with Gasteiger partial charge < -0.3 is 19.5 Å². The lowest BCUT2D eigenvalue weighted by molar-refractivity contribution is -0.119. The van der Waals surface area contributed by atoms with Crippen LogP contribution in [0.15, 0.2) is 24.3 Å². The van der Waals surface area contributed by atoms with Gasteiger partial charge in [-0.2, -0.15) is 4.98 Å². The van der Waals surface area contributed by atoms with Gasteiger partial charge >= 0.3 is 5.97 Å². The van der Waals surface area contributed by atoms with Crippen LogP contribution >= 0.6 is 0 Å². The van der Waals surface area contributed by atoms with Crippen LogP contribution in [0.5, 0.6) is 11.5 Å². The highest BCUT2D eigenvalue weighted by molar-refractivity contribution is 5.95. The normalized spacial score (nSPS) is 10.6. The molecule has 3 rings (SSSR count). The fourth-order valence-electron chi connectivity index (χ4n) is 2.55. The van der Waals surface area contributed by atoms with Gasteiger partial charge in [-0.3, -0.25) is 4.79 Å². The standard InChI is InChI=1S/C18H19N5O5/c1-10-7-11(2)23-18(19-10)21-16(22-23)17(25)28-9-15(24)20-13-8-12(26-3)5-6-14(13)27-4/h5-8H,9H2,1-4H3,(H,20,24). The summed E-state index contributed by atoms with van der Waals surface area (Å²) in [5, 5.41) is 6.67. The number of esters is 1. The van der Waals surface area contributed by atoms with E-state index in [2.05, 4.69) is 20.4 Å². The maximum absolute atomic E-state index is 12.2. The minimum absolute atomic E-state index is 0.173. The Morgan fingerprint density at radius 3 is 2.61 bits per heavy atom. The first kappa shape index (κ1) is 19.1. The Labute approximate surface area is 160 Å². The predicted molar refractivity (Wildman–Crippen MR) is 98.7 cm³/mol. The molecule has 0 unspecified atom stereocenters. The summed E-state index contributed by atoms with van der Waals surface area (Å²) in [6.07, 6.45) is 0. The van der Waals surface area contributed by atoms with Gasteiger partial charge in [0.1, 0.15) is 11.5 Å². The fourth-order valence-corrected chi connectivity index (χ4v) is 2.55. The molecule has 2 heterocycles. The van der Waals surface area contributed by atoms with Gasteiger partial charge in [0.25, 0.3) is 17.5 Å². The highest BCUT2D eigenvalue weighted by Crippen LogP contribution is 2.28. The first-order chi connectivity index (χ1) is 13.4. The Hall–Kier alpha value is -3.69. The quantitative estimate of drug-likeness (QED) is 0.635. The third-order valence-corrected chi connectivity index (χ3v) is 3.82. The van der Waals surface area contributed by atoms with E-state index in [-0.39, 0.29) is 11.6 Å². The highest BCUT2D eigenvalue weighted by atomic mass is 16.5. The monoisotopic (exact) mass is 385 g/mol. The third-order valence-electron chi connectivity index (χ3n) is 3.82. The number of aromatic nitrogens is 4. The number of rotatable bonds is 6. The number of anilines is 1. The lowest BCUT2D eigenvalue weighted by Crippen LogP contribution is -2.21. The number of nitrogens with one attached hydrogen (secondary N) is 1. The number of hydrogen-bond acceptors (Lipinski definition) is 8. The molecule has 10 nitrogen and oxygen atoms in total. The zero-order chi connectivity index (χ0) is 20.3. The lowest BCUT2D eigenvalue weighted by Gasteiger charge is -2.11. The van der Waals surface area contributed by atoms with E-state index in [1.807, 2.05) is 19.9 Å². The van der Waals surface area contributed by atoms with Crippen LogP contribution in [0.1, 0.15) is 22.0 Å². The van der Waals surface area contributed by atoms with Gasteiger partial charge in [-0.15, -0.1) is 5.10 Å². The Balaban J connectivity index is 1.66. The molecule has 0 radical (unpaired) electrons. The molecule has 0 aliphatic heterocycles. The van der Waals surface area contributed by atoms with Gasteiger partial charge in [-0.1, -0.05) is 0 Å². The summed E-state index contributed by atoms with van der Waals surface area (Å²) in [5.41, 5.74) is 1.92. The largest absolute Gasteiger partial charge is 0.497 e. The Morgan fingerprint density at radius 1 is 1.11 bits per heavy atom. The zero-order valence-electron chi connectivity index (χ0n) is 15.8. The van der Waals surface area contributed by atoms with Crippen molar-refractivity contribution in [2.75, 3.05) is 26.1 Å². The number of ether oxygens (including phenoxy) is 3. The minimum atomic E-state index is -0.824. The molecule has 1 amide bonds. The summed E-state index contributed by atoms with van der Waals surface area (Å²) in [6, 6.07) is 6.75. The molecular weight excluding hydrogens is 366 g/mol. The number of nitrogens with zero attached hydrogens (tertiary/aromatic N) is 4. The van der Waals surface area contributed by atoms with Crippen molar-refractivity contribution in [1.29, 1.82) is 0 Å². The molecule has 0 spiro atoms. The SMILES string of the molecule is COc1ccc(OC)c(NC(=O)COC(=O)c2nc3nc(C)cc(C)n3n2)c1. The van der Waals surface area contributed by atoms with Crippen LogP contribution in [0, 0.1) is 13.8 Å². The van der Waals surface area contributed by atoms with E-state index in [0.29, 0.717) is 17.2 Å². The van der Waals surface area contributed by atoms with Gasteiger partial charge in [0.15, 0.2) is 6.61 Å². The number of aryl methyl sites for hydroxylation is 2. The number of hydrogen-bond donors (Lipinski definition) is 1. The van der Waals surface area contributed by atoms with Crippen LogP contribution in [0.4, 0.5) is 5.69 Å². The van der Waals surface area contributed by atoms with Crippen molar-refractivity contribution in [2.24, 2.45) is 0 Å². The topological polar surface area (TPSA) is 117 Å². The van der Waals surface area contributed by atoms with Gasteiger partial charge in [-0.25, -0.2) is 14.3 Å². The molecule has 0 aliphatic carbocycles. The van der Waals surface area contributed by atoms with Crippen LogP contribution in [0.3, 0.4) is 0 Å². The van der Waals surface area contributed by atoms with E-state index in [4.69, 9.17) is 14.2 Å². The second-order valence-electron chi connectivity index (χ2n) is 5.88. The number of amides is 1. The van der Waals surface area contributed by atoms with Crippen molar-refractivity contribution in [2.45, 2.75) is 13.8 Å². The highest BCUT2D eigenvalue weighted by Gasteiger charge is 2.18. The third kappa shape index (κ3) is 4.00. The van der Waals surface area contributed by atoms with Crippen molar-refractivity contribution < 1.29 is 23.8 Å². The predicted octanol–water partition coefficient (Wildman–Crippen LogP) is 1.55. The van der Waals surface area contributed by atoms with Gasteiger partial charge in [0.2, 0.25) is 0 Å². The average Bonchev–Trinajstić information content (AvgIpc) is 3.10. The van der Waals surface area contributed by atoms with Gasteiger partial charge in [0, 0.05) is 17.5 Å². The summed E-state index contributed by atoms with van der Waals surface area (Å²) in [7, 11) is 2.99. The summed E-state index contributed by atoms with van der Waals surface area (Å²) in [5.74, 6) is -0.272. The maximum Gasteiger partial charge on any atom is 0.378 e. The number of carbonyl (C=O) groups is 2. The summed E-state index contributed by atoms with van der Waals surface area (Å²) < 4.78 is 16.7. The minimum Gasteiger partial charge on any atom is -0.497 e. The fraction of sp³-hybridized carbons (Fsp3) is 0.278. The Bertz CT molecular complexity index is 1050. The summed E-state index contributed by atoms with van der Waals surface area (Å²) >= 11 is 0. The van der Waals surface area contributed by atoms with Crippen molar-refractivity contribution >= 4 is 23.3 Å². The zero-order valence-corrected chi connectivity index (χ0v) is 15.8. The lowest BCUT2D eigenvalue weighted by atomic mass is 10.2. The molecule has 1 aromatic carbocycles. The molecule has 28 heavy (non-hydrogen) atoms. The molecule has 0 atom stereocenters. The van der Waals surface area contributed by atoms with Crippen molar-refractivity contribution in [3.8, 4) is 11.5 Å². The maximum atomic E-state index is 12.2. The molecule has 10 heteroatoms. The van der Waals surface area contributed by atoms with E-state index in [0.717, 1.165) is 11.4 Å². The van der Waals surface area contributed by atoms with E-state index in [1.54, 1.807) is 18.2 Å². The van der Waals surface area contributed by atoms with E-state index >= 15 is 0 Å². The molecule has 0 saturated carbocycles. The summed E-state index contributed by atoms with van der Waals surface area (Å²) in [6.45, 7) is 3.12. The number of carbonyl (C=O) groups excluding carboxylic acids is 2. The number of benzene rings is 1. The first-order valence-electron chi connectivity index (χ1n) is 8.31. The van der Waals surface area contributed by atoms with Crippen LogP contribution in [-0.2, 0) is 9.53 Å². The van der Waals surface area contributed by atoms with Crippen LogP contribution in [-0.4, -0.2) is 52.3 Å². The van der Waals surface area contributed by atoms with Crippen LogP contribution < -0.4 is 14.8 Å². The van der Waals surface area contributed by atoms with Gasteiger partial charge in [0.05, 0.1) is 19.9 Å². The molecule has 0 bridgehead atoms. The second-order valence-corrected chi connectivity index (χ2v) is 5.88. The molecule has 0 saturated heterocycles. The van der Waals surface area contributed by atoms with E-state index in [1.165, 1.54) is 18.7 Å². The van der Waals surface area contributed by atoms with E-state index < -0.39 is 18.5 Å². The van der Waals surface area contributed by atoms with Crippen molar-refractivity contribution in [3.05, 3.63) is 41.5 Å². The molecular formula is C18H19N5O5. The van der Waals surface area contributed by atoms with Crippen LogP contribution in [0.2, 0.25) is 0 Å². The molecule has 2 aromatic heterocycles. The second kappa shape index (κ2) is 7.91. The van der Waals surface area contributed by atoms with Gasteiger partial charge in [-0.05, 0) is 32.0 Å². The van der Waals surface area contributed by atoms with Crippen LogP contribution in [0.25, 0.3) is 5.78 Å².